The Hall–Kier alpha value is -1.09. The van der Waals surface area contributed by atoms with Crippen LogP contribution in [0.1, 0.15) is 45.1 Å². The first-order valence-electron chi connectivity index (χ1n) is 6.76. The smallest absolute Gasteiger partial charge is 0.216 e. The second kappa shape index (κ2) is 5.27. The molecule has 1 aromatic heterocycles. The minimum Gasteiger partial charge on any atom is -0.481 e. The zero-order valence-corrected chi connectivity index (χ0v) is 11.9. The molecule has 0 unspecified atom stereocenters. The molecule has 100 valence electrons. The van der Waals surface area contributed by atoms with Gasteiger partial charge in [0.2, 0.25) is 5.88 Å². The van der Waals surface area contributed by atoms with Crippen LogP contribution in [0.5, 0.6) is 5.88 Å². The highest BCUT2D eigenvalue weighted by Gasteiger charge is 2.28. The van der Waals surface area contributed by atoms with Gasteiger partial charge in [-0.3, -0.25) is 4.90 Å². The van der Waals surface area contributed by atoms with Gasteiger partial charge in [-0.15, -0.1) is 0 Å². The molecule has 1 aromatic rings. The first-order valence-corrected chi connectivity index (χ1v) is 6.76. The van der Waals surface area contributed by atoms with Crippen LogP contribution in [0, 0.1) is 0 Å². The Labute approximate surface area is 110 Å². The van der Waals surface area contributed by atoms with Crippen molar-refractivity contribution in [3.63, 3.8) is 0 Å². The van der Waals surface area contributed by atoms with Crippen molar-refractivity contribution in [3.05, 3.63) is 23.9 Å². The first-order chi connectivity index (χ1) is 8.52. The SMILES string of the molecule is COc1ncccc1C1CCN(C(C)(C)C)CC1. The van der Waals surface area contributed by atoms with Crippen LogP contribution in [-0.4, -0.2) is 35.6 Å². The molecule has 1 saturated heterocycles. The van der Waals surface area contributed by atoms with Crippen LogP contribution in [0.25, 0.3) is 0 Å². The molecule has 0 atom stereocenters. The van der Waals surface area contributed by atoms with E-state index >= 15 is 0 Å². The second-order valence-corrected chi connectivity index (χ2v) is 6.03. The van der Waals surface area contributed by atoms with Crippen molar-refractivity contribution in [1.82, 2.24) is 9.88 Å². The Morgan fingerprint density at radius 3 is 2.50 bits per heavy atom. The van der Waals surface area contributed by atoms with Crippen LogP contribution in [0.2, 0.25) is 0 Å². The Kier molecular flexibility index (Phi) is 3.91. The van der Waals surface area contributed by atoms with E-state index in [4.69, 9.17) is 4.74 Å². The molecular weight excluding hydrogens is 224 g/mol. The van der Waals surface area contributed by atoms with Gasteiger partial charge >= 0.3 is 0 Å². The van der Waals surface area contributed by atoms with Crippen LogP contribution >= 0.6 is 0 Å². The minimum absolute atomic E-state index is 0.282. The van der Waals surface area contributed by atoms with Gasteiger partial charge in [0.25, 0.3) is 0 Å². The number of ether oxygens (including phenoxy) is 1. The average Bonchev–Trinajstić information content (AvgIpc) is 2.38. The predicted molar refractivity (Wildman–Crippen MR) is 74.1 cm³/mol. The van der Waals surface area contributed by atoms with E-state index in [9.17, 15) is 0 Å². The van der Waals surface area contributed by atoms with Gasteiger partial charge in [-0.1, -0.05) is 6.07 Å². The maximum Gasteiger partial charge on any atom is 0.216 e. The molecule has 3 nitrogen and oxygen atoms in total. The Balaban J connectivity index is 2.06. The number of likely N-dealkylation sites (tertiary alicyclic amines) is 1. The van der Waals surface area contributed by atoms with Gasteiger partial charge in [-0.25, -0.2) is 4.98 Å². The summed E-state index contributed by atoms with van der Waals surface area (Å²) in [7, 11) is 1.70. The van der Waals surface area contributed by atoms with Gasteiger partial charge in [0, 0.05) is 17.3 Å². The zero-order chi connectivity index (χ0) is 13.2. The summed E-state index contributed by atoms with van der Waals surface area (Å²) >= 11 is 0. The van der Waals surface area contributed by atoms with Crippen molar-refractivity contribution in [2.24, 2.45) is 0 Å². The molecule has 0 amide bonds. The molecule has 0 spiro atoms. The van der Waals surface area contributed by atoms with Gasteiger partial charge < -0.3 is 4.74 Å². The van der Waals surface area contributed by atoms with Gasteiger partial charge in [-0.05, 0) is 58.7 Å². The summed E-state index contributed by atoms with van der Waals surface area (Å²) in [6.07, 6.45) is 4.19. The summed E-state index contributed by atoms with van der Waals surface area (Å²) in [4.78, 5) is 6.87. The summed E-state index contributed by atoms with van der Waals surface area (Å²) in [5.41, 5.74) is 1.55. The van der Waals surface area contributed by atoms with Crippen LogP contribution in [0.15, 0.2) is 18.3 Å². The number of nitrogens with zero attached hydrogens (tertiary/aromatic N) is 2. The Bertz CT molecular complexity index is 390. The van der Waals surface area contributed by atoms with E-state index in [0.29, 0.717) is 5.92 Å². The fourth-order valence-electron chi connectivity index (χ4n) is 2.75. The van der Waals surface area contributed by atoms with Crippen LogP contribution in [0.3, 0.4) is 0 Å². The fraction of sp³-hybridized carbons (Fsp3) is 0.667. The minimum atomic E-state index is 0.282. The van der Waals surface area contributed by atoms with Crippen molar-refractivity contribution in [2.45, 2.75) is 45.1 Å². The number of methoxy groups -OCH3 is 1. The van der Waals surface area contributed by atoms with E-state index in [1.54, 1.807) is 13.3 Å². The molecule has 0 aromatic carbocycles. The van der Waals surface area contributed by atoms with Crippen molar-refractivity contribution in [2.75, 3.05) is 20.2 Å². The first kappa shape index (κ1) is 13.3. The molecule has 0 radical (unpaired) electrons. The highest BCUT2D eigenvalue weighted by molar-refractivity contribution is 5.29. The molecule has 3 heteroatoms. The van der Waals surface area contributed by atoms with Crippen LogP contribution in [-0.2, 0) is 0 Å². The van der Waals surface area contributed by atoms with Gasteiger partial charge in [-0.2, -0.15) is 0 Å². The third kappa shape index (κ3) is 2.83. The van der Waals surface area contributed by atoms with E-state index in [2.05, 4.69) is 36.7 Å². The van der Waals surface area contributed by atoms with Crippen molar-refractivity contribution in [3.8, 4) is 5.88 Å². The molecule has 0 aliphatic carbocycles. The molecular formula is C15H24N2O. The maximum atomic E-state index is 5.37. The molecule has 2 rings (SSSR count). The molecule has 18 heavy (non-hydrogen) atoms. The molecule has 0 N–H and O–H groups in total. The van der Waals surface area contributed by atoms with E-state index in [-0.39, 0.29) is 5.54 Å². The number of hydrogen-bond acceptors (Lipinski definition) is 3. The average molecular weight is 248 g/mol. The zero-order valence-electron chi connectivity index (χ0n) is 11.9. The highest BCUT2D eigenvalue weighted by atomic mass is 16.5. The number of aromatic nitrogens is 1. The Morgan fingerprint density at radius 1 is 1.28 bits per heavy atom. The van der Waals surface area contributed by atoms with Crippen molar-refractivity contribution < 1.29 is 4.74 Å². The lowest BCUT2D eigenvalue weighted by Gasteiger charge is -2.41. The lowest BCUT2D eigenvalue weighted by molar-refractivity contribution is 0.102. The van der Waals surface area contributed by atoms with Crippen LogP contribution in [0.4, 0.5) is 0 Å². The molecule has 1 fully saturated rings. The number of hydrogen-bond donors (Lipinski definition) is 0. The lowest BCUT2D eigenvalue weighted by Crippen LogP contribution is -2.45. The van der Waals surface area contributed by atoms with Gasteiger partial charge in [0.15, 0.2) is 0 Å². The summed E-state index contributed by atoms with van der Waals surface area (Å²) in [5, 5.41) is 0. The molecule has 1 aliphatic rings. The summed E-state index contributed by atoms with van der Waals surface area (Å²) in [5.74, 6) is 1.39. The fourth-order valence-corrected chi connectivity index (χ4v) is 2.75. The van der Waals surface area contributed by atoms with E-state index < -0.39 is 0 Å². The highest BCUT2D eigenvalue weighted by Crippen LogP contribution is 2.34. The summed E-state index contributed by atoms with van der Waals surface area (Å²) < 4.78 is 5.37. The lowest BCUT2D eigenvalue weighted by atomic mass is 9.88. The summed E-state index contributed by atoms with van der Waals surface area (Å²) in [6, 6.07) is 4.16. The van der Waals surface area contributed by atoms with Crippen LogP contribution < -0.4 is 4.74 Å². The molecule has 0 bridgehead atoms. The molecule has 2 heterocycles. The van der Waals surface area contributed by atoms with Crippen molar-refractivity contribution >= 4 is 0 Å². The monoisotopic (exact) mass is 248 g/mol. The third-order valence-corrected chi connectivity index (χ3v) is 3.88. The van der Waals surface area contributed by atoms with E-state index in [0.717, 1.165) is 19.0 Å². The van der Waals surface area contributed by atoms with Gasteiger partial charge in [0.05, 0.1) is 7.11 Å². The summed E-state index contributed by atoms with van der Waals surface area (Å²) in [6.45, 7) is 9.19. The number of piperidine rings is 1. The third-order valence-electron chi connectivity index (χ3n) is 3.88. The largest absolute Gasteiger partial charge is 0.481 e. The van der Waals surface area contributed by atoms with E-state index in [1.165, 1.54) is 18.4 Å². The molecule has 0 saturated carbocycles. The second-order valence-electron chi connectivity index (χ2n) is 6.03. The quantitative estimate of drug-likeness (QED) is 0.804. The topological polar surface area (TPSA) is 25.4 Å². The van der Waals surface area contributed by atoms with E-state index in [1.807, 2.05) is 6.07 Å². The standard InChI is InChI=1S/C15H24N2O/c1-15(2,3)17-10-7-12(8-11-17)13-6-5-9-16-14(13)18-4/h5-6,9,12H,7-8,10-11H2,1-4H3. The molecule has 1 aliphatic heterocycles. The van der Waals surface area contributed by atoms with Crippen molar-refractivity contribution in [1.29, 1.82) is 0 Å². The number of pyridine rings is 1. The van der Waals surface area contributed by atoms with Gasteiger partial charge in [0.1, 0.15) is 0 Å². The normalized spacial score (nSPS) is 18.9. The maximum absolute atomic E-state index is 5.37. The number of rotatable bonds is 2. The Morgan fingerprint density at radius 2 is 1.94 bits per heavy atom. The predicted octanol–water partition coefficient (Wildman–Crippen LogP) is 3.07.